The highest BCUT2D eigenvalue weighted by Gasteiger charge is 2.27. The van der Waals surface area contributed by atoms with Crippen LogP contribution in [0.4, 0.5) is 4.39 Å². The topological polar surface area (TPSA) is 41.8 Å². The molecule has 0 spiro atoms. The van der Waals surface area contributed by atoms with Gasteiger partial charge in [0.2, 0.25) is 0 Å². The Hall–Kier alpha value is -1.35. The van der Waals surface area contributed by atoms with E-state index in [0.29, 0.717) is 18.4 Å². The van der Waals surface area contributed by atoms with E-state index < -0.39 is 0 Å². The van der Waals surface area contributed by atoms with E-state index in [9.17, 15) is 4.39 Å². The van der Waals surface area contributed by atoms with Gasteiger partial charge in [-0.15, -0.1) is 0 Å². The molecule has 1 saturated carbocycles. The minimum atomic E-state index is -0.193. The molecule has 0 radical (unpaired) electrons. The summed E-state index contributed by atoms with van der Waals surface area (Å²) in [5, 5.41) is 1.12. The van der Waals surface area contributed by atoms with Crippen LogP contribution in [-0.2, 0) is 0 Å². The predicted molar refractivity (Wildman–Crippen MR) is 72.0 cm³/mol. The lowest BCUT2D eigenvalue weighted by Crippen LogP contribution is -2.19. The first-order valence-corrected chi connectivity index (χ1v) is 6.76. The van der Waals surface area contributed by atoms with Crippen molar-refractivity contribution in [2.45, 2.75) is 31.6 Å². The Morgan fingerprint density at radius 3 is 2.83 bits per heavy atom. The SMILES string of the molecule is NCC(c1c[nH]c2cc(F)ccc12)C1CCCC1. The van der Waals surface area contributed by atoms with Gasteiger partial charge in [-0.3, -0.25) is 0 Å². The van der Waals surface area contributed by atoms with Crippen LogP contribution in [0.3, 0.4) is 0 Å². The predicted octanol–water partition coefficient (Wildman–Crippen LogP) is 3.54. The summed E-state index contributed by atoms with van der Waals surface area (Å²) in [6.07, 6.45) is 7.20. The molecular weight excluding hydrogens is 227 g/mol. The fraction of sp³-hybridized carbons (Fsp3) is 0.467. The fourth-order valence-electron chi connectivity index (χ4n) is 3.36. The van der Waals surface area contributed by atoms with Crippen LogP contribution in [0.25, 0.3) is 10.9 Å². The van der Waals surface area contributed by atoms with Crippen LogP contribution >= 0.6 is 0 Å². The molecule has 1 aromatic heterocycles. The highest BCUT2D eigenvalue weighted by molar-refractivity contribution is 5.83. The van der Waals surface area contributed by atoms with Gasteiger partial charge in [-0.05, 0) is 49.1 Å². The van der Waals surface area contributed by atoms with E-state index >= 15 is 0 Å². The second-order valence-corrected chi connectivity index (χ2v) is 5.32. The van der Waals surface area contributed by atoms with E-state index in [1.807, 2.05) is 12.3 Å². The summed E-state index contributed by atoms with van der Waals surface area (Å²) < 4.78 is 13.2. The van der Waals surface area contributed by atoms with Crippen LogP contribution in [0.2, 0.25) is 0 Å². The average molecular weight is 246 g/mol. The third-order valence-electron chi connectivity index (χ3n) is 4.30. The summed E-state index contributed by atoms with van der Waals surface area (Å²) in [6.45, 7) is 0.676. The van der Waals surface area contributed by atoms with Gasteiger partial charge in [0.25, 0.3) is 0 Å². The molecule has 0 saturated heterocycles. The molecule has 1 atom stereocenters. The third-order valence-corrected chi connectivity index (χ3v) is 4.30. The lowest BCUT2D eigenvalue weighted by atomic mass is 9.85. The Morgan fingerprint density at radius 2 is 2.11 bits per heavy atom. The quantitative estimate of drug-likeness (QED) is 0.854. The van der Waals surface area contributed by atoms with E-state index in [-0.39, 0.29) is 5.82 Å². The first-order valence-electron chi connectivity index (χ1n) is 6.76. The zero-order valence-corrected chi connectivity index (χ0v) is 10.5. The lowest BCUT2D eigenvalue weighted by Gasteiger charge is -2.21. The van der Waals surface area contributed by atoms with Gasteiger partial charge in [0.15, 0.2) is 0 Å². The molecule has 2 nitrogen and oxygen atoms in total. The van der Waals surface area contributed by atoms with Crippen LogP contribution in [0, 0.1) is 11.7 Å². The minimum absolute atomic E-state index is 0.193. The Kier molecular flexibility index (Phi) is 3.08. The number of hydrogen-bond acceptors (Lipinski definition) is 1. The van der Waals surface area contributed by atoms with Crippen LogP contribution in [0.15, 0.2) is 24.4 Å². The molecule has 96 valence electrons. The largest absolute Gasteiger partial charge is 0.361 e. The number of nitrogens with one attached hydrogen (secondary N) is 1. The molecular formula is C15H19FN2. The number of aromatic amines is 1. The molecule has 1 aliphatic carbocycles. The first kappa shape index (κ1) is 11.7. The molecule has 1 aromatic carbocycles. The molecule has 0 aliphatic heterocycles. The zero-order chi connectivity index (χ0) is 12.5. The number of H-pyrrole nitrogens is 1. The maximum absolute atomic E-state index is 13.2. The second-order valence-electron chi connectivity index (χ2n) is 5.32. The van der Waals surface area contributed by atoms with E-state index in [0.717, 1.165) is 10.9 Å². The van der Waals surface area contributed by atoms with Crippen molar-refractivity contribution in [3.63, 3.8) is 0 Å². The summed E-state index contributed by atoms with van der Waals surface area (Å²) in [5.74, 6) is 0.909. The number of nitrogens with two attached hydrogens (primary N) is 1. The van der Waals surface area contributed by atoms with Gasteiger partial charge in [-0.25, -0.2) is 4.39 Å². The van der Waals surface area contributed by atoms with Crippen molar-refractivity contribution in [1.29, 1.82) is 0 Å². The Bertz CT molecular complexity index is 540. The first-order chi connectivity index (χ1) is 8.79. The number of aromatic nitrogens is 1. The highest BCUT2D eigenvalue weighted by Crippen LogP contribution is 2.39. The van der Waals surface area contributed by atoms with E-state index in [2.05, 4.69) is 4.98 Å². The summed E-state index contributed by atoms with van der Waals surface area (Å²) >= 11 is 0. The second kappa shape index (κ2) is 4.73. The van der Waals surface area contributed by atoms with Gasteiger partial charge >= 0.3 is 0 Å². The van der Waals surface area contributed by atoms with Gasteiger partial charge in [0.05, 0.1) is 0 Å². The fourth-order valence-corrected chi connectivity index (χ4v) is 3.36. The maximum atomic E-state index is 13.2. The van der Waals surface area contributed by atoms with Crippen molar-refractivity contribution < 1.29 is 4.39 Å². The molecule has 1 heterocycles. The van der Waals surface area contributed by atoms with Crippen molar-refractivity contribution in [1.82, 2.24) is 4.98 Å². The Balaban J connectivity index is 2.01. The monoisotopic (exact) mass is 246 g/mol. The number of hydrogen-bond donors (Lipinski definition) is 2. The van der Waals surface area contributed by atoms with Gasteiger partial charge in [0.1, 0.15) is 5.82 Å². The summed E-state index contributed by atoms with van der Waals surface area (Å²) in [5.41, 5.74) is 8.12. The zero-order valence-electron chi connectivity index (χ0n) is 10.5. The van der Waals surface area contributed by atoms with Crippen LogP contribution in [0.1, 0.15) is 37.2 Å². The molecule has 3 N–H and O–H groups in total. The van der Waals surface area contributed by atoms with Crippen molar-refractivity contribution in [2.75, 3.05) is 6.54 Å². The summed E-state index contributed by atoms with van der Waals surface area (Å²) in [6, 6.07) is 4.96. The highest BCUT2D eigenvalue weighted by atomic mass is 19.1. The van der Waals surface area contributed by atoms with Gasteiger partial charge < -0.3 is 10.7 Å². The van der Waals surface area contributed by atoms with E-state index in [4.69, 9.17) is 5.73 Å². The third kappa shape index (κ3) is 1.93. The van der Waals surface area contributed by atoms with Crippen molar-refractivity contribution in [3.8, 4) is 0 Å². The van der Waals surface area contributed by atoms with Crippen molar-refractivity contribution in [2.24, 2.45) is 11.7 Å². The standard InChI is InChI=1S/C15H19FN2/c16-11-5-6-12-14(9-18-15(12)7-11)13(8-17)10-3-1-2-4-10/h5-7,9-10,13,18H,1-4,8,17H2. The van der Waals surface area contributed by atoms with Gasteiger partial charge in [-0.1, -0.05) is 12.8 Å². The van der Waals surface area contributed by atoms with Crippen LogP contribution in [0.5, 0.6) is 0 Å². The Morgan fingerprint density at radius 1 is 1.33 bits per heavy atom. The maximum Gasteiger partial charge on any atom is 0.125 e. The summed E-state index contributed by atoms with van der Waals surface area (Å²) in [7, 11) is 0. The molecule has 3 rings (SSSR count). The molecule has 1 fully saturated rings. The summed E-state index contributed by atoms with van der Waals surface area (Å²) in [4.78, 5) is 3.17. The normalized spacial score (nSPS) is 18.6. The van der Waals surface area contributed by atoms with Crippen LogP contribution < -0.4 is 5.73 Å². The number of halogens is 1. The Labute approximate surface area is 106 Å². The van der Waals surface area contributed by atoms with E-state index in [1.165, 1.54) is 37.3 Å². The number of benzene rings is 1. The molecule has 0 bridgehead atoms. The number of fused-ring (bicyclic) bond motifs is 1. The molecule has 2 aromatic rings. The lowest BCUT2D eigenvalue weighted by molar-refractivity contribution is 0.442. The average Bonchev–Trinajstić information content (AvgIpc) is 3.00. The van der Waals surface area contributed by atoms with E-state index in [1.54, 1.807) is 6.07 Å². The van der Waals surface area contributed by atoms with Crippen molar-refractivity contribution in [3.05, 3.63) is 35.8 Å². The molecule has 3 heteroatoms. The molecule has 0 amide bonds. The van der Waals surface area contributed by atoms with Crippen molar-refractivity contribution >= 4 is 10.9 Å². The van der Waals surface area contributed by atoms with Gasteiger partial charge in [0, 0.05) is 23.0 Å². The smallest absolute Gasteiger partial charge is 0.125 e. The van der Waals surface area contributed by atoms with Crippen LogP contribution in [-0.4, -0.2) is 11.5 Å². The minimum Gasteiger partial charge on any atom is -0.361 e. The van der Waals surface area contributed by atoms with Gasteiger partial charge in [-0.2, -0.15) is 0 Å². The molecule has 1 unspecified atom stereocenters. The number of rotatable bonds is 3. The molecule has 18 heavy (non-hydrogen) atoms. The molecule has 1 aliphatic rings.